The van der Waals surface area contributed by atoms with E-state index in [1.807, 2.05) is 19.1 Å². The van der Waals surface area contributed by atoms with Gasteiger partial charge < -0.3 is 10.1 Å². The van der Waals surface area contributed by atoms with Crippen LogP contribution in [-0.4, -0.2) is 24.8 Å². The third kappa shape index (κ3) is 3.25. The fourth-order valence-corrected chi connectivity index (χ4v) is 3.29. The molecule has 0 unspecified atom stereocenters. The number of aryl methyl sites for hydroxylation is 1. The Morgan fingerprint density at radius 2 is 1.59 bits per heavy atom. The zero-order chi connectivity index (χ0) is 20.5. The smallest absolute Gasteiger partial charge is 0.266 e. The summed E-state index contributed by atoms with van der Waals surface area (Å²) in [7, 11) is 1.57. The second-order valence-electron chi connectivity index (χ2n) is 6.68. The molecule has 1 heterocycles. The highest BCUT2D eigenvalue weighted by Crippen LogP contribution is 2.31. The monoisotopic (exact) mass is 386 g/mol. The minimum atomic E-state index is -0.432. The van der Waals surface area contributed by atoms with E-state index in [1.165, 1.54) is 12.1 Å². The maximum absolute atomic E-state index is 12.9. The second kappa shape index (κ2) is 7.24. The molecule has 0 bridgehead atoms. The van der Waals surface area contributed by atoms with E-state index >= 15 is 0 Å². The number of para-hydroxylation sites is 1. The van der Waals surface area contributed by atoms with Crippen LogP contribution in [-0.2, 0) is 0 Å². The van der Waals surface area contributed by atoms with E-state index in [0.717, 1.165) is 10.5 Å². The molecule has 0 saturated carbocycles. The average Bonchev–Trinajstić information content (AvgIpc) is 2.99. The van der Waals surface area contributed by atoms with Gasteiger partial charge in [-0.05, 0) is 61.0 Å². The van der Waals surface area contributed by atoms with Gasteiger partial charge in [-0.15, -0.1) is 0 Å². The molecule has 0 aromatic heterocycles. The van der Waals surface area contributed by atoms with Crippen LogP contribution in [0.15, 0.2) is 66.7 Å². The van der Waals surface area contributed by atoms with E-state index < -0.39 is 5.91 Å². The first-order valence-corrected chi connectivity index (χ1v) is 9.03. The highest BCUT2D eigenvalue weighted by atomic mass is 16.5. The van der Waals surface area contributed by atoms with E-state index in [9.17, 15) is 14.4 Å². The van der Waals surface area contributed by atoms with Crippen molar-refractivity contribution in [3.8, 4) is 5.75 Å². The summed E-state index contributed by atoms with van der Waals surface area (Å²) in [6.07, 6.45) is 0. The molecule has 3 aromatic carbocycles. The van der Waals surface area contributed by atoms with Crippen molar-refractivity contribution in [2.24, 2.45) is 0 Å². The van der Waals surface area contributed by atoms with Crippen LogP contribution in [0, 0.1) is 6.92 Å². The molecule has 3 amide bonds. The highest BCUT2D eigenvalue weighted by Gasteiger charge is 2.37. The van der Waals surface area contributed by atoms with Crippen LogP contribution in [0.2, 0.25) is 0 Å². The molecule has 3 aromatic rings. The van der Waals surface area contributed by atoms with Gasteiger partial charge in [0.2, 0.25) is 0 Å². The molecule has 1 aliphatic heterocycles. The SMILES string of the molecule is COc1ccc(NC(=O)c2ccc3c(c2)C(=O)N(c2ccccc2C)C3=O)cc1. The predicted molar refractivity (Wildman–Crippen MR) is 110 cm³/mol. The molecular formula is C23H18N2O4. The van der Waals surface area contributed by atoms with E-state index in [0.29, 0.717) is 28.3 Å². The fourth-order valence-electron chi connectivity index (χ4n) is 3.29. The Balaban J connectivity index is 1.61. The summed E-state index contributed by atoms with van der Waals surface area (Å²) >= 11 is 0. The van der Waals surface area contributed by atoms with Crippen LogP contribution in [0.25, 0.3) is 0 Å². The van der Waals surface area contributed by atoms with Gasteiger partial charge in [0.25, 0.3) is 17.7 Å². The van der Waals surface area contributed by atoms with Crippen molar-refractivity contribution in [1.82, 2.24) is 0 Å². The number of benzene rings is 3. The standard InChI is InChI=1S/C23H18N2O4/c1-14-5-3-4-6-20(14)25-22(27)18-12-7-15(13-19(18)23(25)28)21(26)24-16-8-10-17(29-2)11-9-16/h3-13H,1-2H3,(H,24,26). The molecule has 4 rings (SSSR count). The Labute approximate surface area is 167 Å². The van der Waals surface area contributed by atoms with Crippen molar-refractivity contribution >= 4 is 29.1 Å². The third-order valence-corrected chi connectivity index (χ3v) is 4.85. The number of fused-ring (bicyclic) bond motifs is 1. The molecule has 29 heavy (non-hydrogen) atoms. The van der Waals surface area contributed by atoms with Crippen LogP contribution >= 0.6 is 0 Å². The molecule has 0 atom stereocenters. The molecule has 0 aliphatic carbocycles. The molecule has 0 saturated heterocycles. The van der Waals surface area contributed by atoms with E-state index in [2.05, 4.69) is 5.32 Å². The Morgan fingerprint density at radius 1 is 0.897 bits per heavy atom. The highest BCUT2D eigenvalue weighted by molar-refractivity contribution is 6.35. The lowest BCUT2D eigenvalue weighted by Crippen LogP contribution is -2.29. The fraction of sp³-hybridized carbons (Fsp3) is 0.0870. The molecular weight excluding hydrogens is 368 g/mol. The molecule has 0 fully saturated rings. The van der Waals surface area contributed by atoms with Gasteiger partial charge in [0.1, 0.15) is 5.75 Å². The summed E-state index contributed by atoms with van der Waals surface area (Å²) in [6.45, 7) is 1.84. The minimum absolute atomic E-state index is 0.223. The largest absolute Gasteiger partial charge is 0.497 e. The number of nitrogens with one attached hydrogen (secondary N) is 1. The van der Waals surface area contributed by atoms with Gasteiger partial charge in [-0.3, -0.25) is 14.4 Å². The number of imide groups is 1. The van der Waals surface area contributed by atoms with Gasteiger partial charge in [0, 0.05) is 11.3 Å². The maximum Gasteiger partial charge on any atom is 0.266 e. The van der Waals surface area contributed by atoms with Gasteiger partial charge in [0.05, 0.1) is 23.9 Å². The Hall–Kier alpha value is -3.93. The number of hydrogen-bond acceptors (Lipinski definition) is 4. The van der Waals surface area contributed by atoms with E-state index in [-0.39, 0.29) is 17.4 Å². The number of rotatable bonds is 4. The van der Waals surface area contributed by atoms with Gasteiger partial charge in [-0.25, -0.2) is 4.90 Å². The average molecular weight is 386 g/mol. The lowest BCUT2D eigenvalue weighted by Gasteiger charge is -2.16. The predicted octanol–water partition coefficient (Wildman–Crippen LogP) is 4.06. The number of amides is 3. The zero-order valence-electron chi connectivity index (χ0n) is 15.9. The van der Waals surface area contributed by atoms with Crippen LogP contribution < -0.4 is 15.0 Å². The van der Waals surface area contributed by atoms with Crippen molar-refractivity contribution < 1.29 is 19.1 Å². The minimum Gasteiger partial charge on any atom is -0.497 e. The lowest BCUT2D eigenvalue weighted by molar-refractivity contribution is 0.0925. The topological polar surface area (TPSA) is 75.7 Å². The summed E-state index contributed by atoms with van der Waals surface area (Å²) in [5.41, 5.74) is 2.77. The summed E-state index contributed by atoms with van der Waals surface area (Å²) in [6, 6.07) is 18.6. The maximum atomic E-state index is 12.9. The van der Waals surface area contributed by atoms with Crippen molar-refractivity contribution in [2.75, 3.05) is 17.3 Å². The summed E-state index contributed by atoms with van der Waals surface area (Å²) in [5, 5.41) is 2.77. The molecule has 144 valence electrons. The first-order chi connectivity index (χ1) is 14.0. The Morgan fingerprint density at radius 3 is 2.28 bits per heavy atom. The van der Waals surface area contributed by atoms with Crippen LogP contribution in [0.5, 0.6) is 5.75 Å². The van der Waals surface area contributed by atoms with Crippen LogP contribution in [0.3, 0.4) is 0 Å². The number of hydrogen-bond donors (Lipinski definition) is 1. The third-order valence-electron chi connectivity index (χ3n) is 4.85. The number of carbonyl (C=O) groups excluding carboxylic acids is 3. The molecule has 6 nitrogen and oxygen atoms in total. The number of carbonyl (C=O) groups is 3. The second-order valence-corrected chi connectivity index (χ2v) is 6.68. The van der Waals surface area contributed by atoms with E-state index in [1.54, 1.807) is 49.6 Å². The van der Waals surface area contributed by atoms with E-state index in [4.69, 9.17) is 4.74 Å². The van der Waals surface area contributed by atoms with Crippen molar-refractivity contribution in [3.63, 3.8) is 0 Å². The zero-order valence-corrected chi connectivity index (χ0v) is 15.9. The normalized spacial score (nSPS) is 12.7. The Bertz CT molecular complexity index is 1140. The number of anilines is 2. The first kappa shape index (κ1) is 18.4. The number of methoxy groups -OCH3 is 1. The van der Waals surface area contributed by atoms with Crippen molar-refractivity contribution in [2.45, 2.75) is 6.92 Å². The lowest BCUT2D eigenvalue weighted by atomic mass is 10.1. The van der Waals surface area contributed by atoms with Crippen LogP contribution in [0.1, 0.15) is 36.6 Å². The van der Waals surface area contributed by atoms with Gasteiger partial charge in [0.15, 0.2) is 0 Å². The molecule has 0 spiro atoms. The van der Waals surface area contributed by atoms with Gasteiger partial charge in [-0.1, -0.05) is 18.2 Å². The summed E-state index contributed by atoms with van der Waals surface area (Å²) in [5.74, 6) is -0.506. The summed E-state index contributed by atoms with van der Waals surface area (Å²) in [4.78, 5) is 39.5. The summed E-state index contributed by atoms with van der Waals surface area (Å²) < 4.78 is 5.10. The van der Waals surface area contributed by atoms with Gasteiger partial charge >= 0.3 is 0 Å². The molecule has 0 radical (unpaired) electrons. The molecule has 1 N–H and O–H groups in total. The number of ether oxygens (including phenoxy) is 1. The van der Waals surface area contributed by atoms with Crippen molar-refractivity contribution in [1.29, 1.82) is 0 Å². The van der Waals surface area contributed by atoms with Crippen molar-refractivity contribution in [3.05, 3.63) is 89.0 Å². The van der Waals surface area contributed by atoms with Crippen LogP contribution in [0.4, 0.5) is 11.4 Å². The molecule has 1 aliphatic rings. The number of nitrogens with zero attached hydrogens (tertiary/aromatic N) is 1. The quantitative estimate of drug-likeness (QED) is 0.686. The first-order valence-electron chi connectivity index (χ1n) is 9.03. The van der Waals surface area contributed by atoms with Gasteiger partial charge in [-0.2, -0.15) is 0 Å². The molecule has 6 heteroatoms. The Kier molecular flexibility index (Phi) is 4.60.